The zero-order chi connectivity index (χ0) is 25.3. The summed E-state index contributed by atoms with van der Waals surface area (Å²) in [4.78, 5) is 67.9. The largest absolute Gasteiger partial charge is 3.00 e. The van der Waals surface area contributed by atoms with Crippen LogP contribution in [0.5, 0.6) is 0 Å². The molecule has 0 radical (unpaired) electrons. The number of rotatable bonds is 6. The van der Waals surface area contributed by atoms with Crippen LogP contribution >= 0.6 is 0 Å². The number of ketones is 2. The third-order valence-electron chi connectivity index (χ3n) is 1.40. The van der Waals surface area contributed by atoms with Gasteiger partial charge in [-0.1, -0.05) is 0 Å². The third kappa shape index (κ3) is 138. The van der Waals surface area contributed by atoms with E-state index in [1.54, 1.807) is 13.8 Å². The standard InChI is InChI=1S/2C6H10O3.3C2H4O2.Al/c2*1-3-9-6(8)4-5(2)7;3*1-2(3)4;/h2*3-4H2,1-2H3;3*1H3,(H,3,4);/q;;;;;+3/p-3. The number of carboxylic acids is 3. The van der Waals surface area contributed by atoms with E-state index in [2.05, 4.69) is 9.47 Å². The average Bonchev–Trinajstić information content (AvgIpc) is 2.44. The zero-order valence-electron chi connectivity index (χ0n) is 18.8. The minimum Gasteiger partial charge on any atom is -0.550 e. The minimum atomic E-state index is -1.08. The molecule has 0 saturated heterocycles. The van der Waals surface area contributed by atoms with Crippen molar-refractivity contribution in [2.75, 3.05) is 13.2 Å². The molecule has 0 aromatic carbocycles. The van der Waals surface area contributed by atoms with E-state index in [9.17, 15) is 19.2 Å². The van der Waals surface area contributed by atoms with E-state index in [0.29, 0.717) is 13.2 Å². The second-order valence-corrected chi connectivity index (χ2v) is 4.84. The summed E-state index contributed by atoms with van der Waals surface area (Å²) in [6, 6.07) is 0. The molecule has 0 heterocycles. The molecule has 0 unspecified atom stereocenters. The van der Waals surface area contributed by atoms with E-state index in [4.69, 9.17) is 29.7 Å². The van der Waals surface area contributed by atoms with E-state index < -0.39 is 29.8 Å². The van der Waals surface area contributed by atoms with Crippen molar-refractivity contribution >= 4 is 58.8 Å². The molecule has 176 valence electrons. The number of carbonyl (C=O) groups excluding carboxylic acids is 7. The Bertz CT molecular complexity index is 473. The van der Waals surface area contributed by atoms with Gasteiger partial charge in [0.1, 0.15) is 24.4 Å². The van der Waals surface area contributed by atoms with E-state index in [1.807, 2.05) is 0 Å². The molecular weight excluding hydrogens is 435 g/mol. The number of esters is 2. The van der Waals surface area contributed by atoms with Crippen molar-refractivity contribution in [3.05, 3.63) is 0 Å². The maximum absolute atomic E-state index is 10.4. The van der Waals surface area contributed by atoms with Crippen molar-refractivity contribution in [3.8, 4) is 0 Å². The smallest absolute Gasteiger partial charge is 0.550 e. The molecule has 0 aromatic heterocycles. The van der Waals surface area contributed by atoms with Gasteiger partial charge in [0.15, 0.2) is 0 Å². The van der Waals surface area contributed by atoms with Crippen LogP contribution in [-0.2, 0) is 43.0 Å². The fourth-order valence-corrected chi connectivity index (χ4v) is 0.831. The van der Waals surface area contributed by atoms with Gasteiger partial charge in [0, 0.05) is 17.9 Å². The topological polar surface area (TPSA) is 207 Å². The van der Waals surface area contributed by atoms with Crippen LogP contribution in [0.2, 0.25) is 0 Å². The Morgan fingerprint density at radius 3 is 0.806 bits per heavy atom. The van der Waals surface area contributed by atoms with Crippen LogP contribution in [0, 0.1) is 0 Å². The van der Waals surface area contributed by atoms with E-state index in [1.165, 1.54) is 13.8 Å². The summed E-state index contributed by atoms with van der Waals surface area (Å²) < 4.78 is 8.99. The van der Waals surface area contributed by atoms with Gasteiger partial charge in [-0.05, 0) is 48.5 Å². The summed E-state index contributed by atoms with van der Waals surface area (Å²) in [7, 11) is 0. The van der Waals surface area contributed by atoms with Crippen molar-refractivity contribution in [2.45, 2.75) is 61.3 Å². The Morgan fingerprint density at radius 1 is 0.548 bits per heavy atom. The number of aliphatic carboxylic acids is 3. The first-order valence-electron chi connectivity index (χ1n) is 8.36. The summed E-state index contributed by atoms with van der Waals surface area (Å²) in [5, 5.41) is 26.7. The third-order valence-corrected chi connectivity index (χ3v) is 1.40. The quantitative estimate of drug-likeness (QED) is 0.218. The zero-order valence-corrected chi connectivity index (χ0v) is 20.0. The Hall–Kier alpha value is -2.78. The molecule has 0 saturated carbocycles. The van der Waals surface area contributed by atoms with Gasteiger partial charge >= 0.3 is 29.3 Å². The molecule has 0 aliphatic rings. The van der Waals surface area contributed by atoms with Gasteiger partial charge < -0.3 is 39.2 Å². The summed E-state index contributed by atoms with van der Waals surface area (Å²) >= 11 is 0. The molecule has 0 rings (SSSR count). The molecule has 0 aromatic rings. The van der Waals surface area contributed by atoms with Crippen LogP contribution in [0.3, 0.4) is 0 Å². The summed E-state index contributed by atoms with van der Waals surface area (Å²) in [5.41, 5.74) is 0. The molecular formula is C18H29AlO12. The SMILES string of the molecule is CC(=O)[O-].CC(=O)[O-].CC(=O)[O-].CCOC(=O)CC(C)=O.CCOC(=O)CC(C)=O.[Al+3]. The first-order chi connectivity index (χ1) is 13.5. The van der Waals surface area contributed by atoms with E-state index in [-0.39, 0.29) is 41.8 Å². The van der Waals surface area contributed by atoms with Gasteiger partial charge in [0.05, 0.1) is 13.2 Å². The number of carbonyl (C=O) groups is 7. The van der Waals surface area contributed by atoms with Crippen LogP contribution in [0.25, 0.3) is 0 Å². The molecule has 0 fully saturated rings. The predicted octanol–water partition coefficient (Wildman–Crippen LogP) is -3.05. The van der Waals surface area contributed by atoms with Crippen LogP contribution in [-0.4, -0.2) is 72.0 Å². The van der Waals surface area contributed by atoms with Gasteiger partial charge in [0.25, 0.3) is 0 Å². The van der Waals surface area contributed by atoms with Gasteiger partial charge in [-0.2, -0.15) is 0 Å². The Morgan fingerprint density at radius 2 is 0.710 bits per heavy atom. The molecule has 31 heavy (non-hydrogen) atoms. The number of hydrogen-bond donors (Lipinski definition) is 0. The molecule has 0 atom stereocenters. The molecule has 12 nitrogen and oxygen atoms in total. The van der Waals surface area contributed by atoms with Gasteiger partial charge in [0.2, 0.25) is 0 Å². The maximum atomic E-state index is 10.4. The molecule has 0 bridgehead atoms. The number of ether oxygens (including phenoxy) is 2. The fourth-order valence-electron chi connectivity index (χ4n) is 0.831. The van der Waals surface area contributed by atoms with Gasteiger partial charge in [-0.15, -0.1) is 0 Å². The second kappa shape index (κ2) is 31.9. The Labute approximate surface area is 192 Å². The predicted molar refractivity (Wildman–Crippen MR) is 102 cm³/mol. The molecule has 0 aliphatic carbocycles. The van der Waals surface area contributed by atoms with Crippen molar-refractivity contribution in [3.63, 3.8) is 0 Å². The van der Waals surface area contributed by atoms with Crippen LogP contribution < -0.4 is 15.3 Å². The van der Waals surface area contributed by atoms with Crippen molar-refractivity contribution in [2.24, 2.45) is 0 Å². The van der Waals surface area contributed by atoms with Crippen molar-refractivity contribution in [1.29, 1.82) is 0 Å². The van der Waals surface area contributed by atoms with Crippen LogP contribution in [0.4, 0.5) is 0 Å². The van der Waals surface area contributed by atoms with Gasteiger partial charge in [-0.25, -0.2) is 0 Å². The van der Waals surface area contributed by atoms with Crippen molar-refractivity contribution < 1.29 is 58.4 Å². The van der Waals surface area contributed by atoms with E-state index >= 15 is 0 Å². The maximum Gasteiger partial charge on any atom is 3.00 e. The average molecular weight is 464 g/mol. The number of hydrogen-bond acceptors (Lipinski definition) is 12. The summed E-state index contributed by atoms with van der Waals surface area (Å²) in [6.45, 7) is 9.72. The molecule has 0 aliphatic heterocycles. The van der Waals surface area contributed by atoms with Gasteiger partial charge in [-0.3, -0.25) is 19.2 Å². The molecule has 0 amide bonds. The van der Waals surface area contributed by atoms with Crippen LogP contribution in [0.1, 0.15) is 61.3 Å². The Kier molecular flexibility index (Phi) is 43.6. The molecule has 13 heteroatoms. The Balaban J connectivity index is -0.0000000663. The van der Waals surface area contributed by atoms with Crippen molar-refractivity contribution in [1.82, 2.24) is 0 Å². The second-order valence-electron chi connectivity index (χ2n) is 4.84. The summed E-state index contributed by atoms with van der Waals surface area (Å²) in [6.07, 6.45) is -0.207. The number of Topliss-reactive ketones (excluding diaryl/α,β-unsaturated/α-hetero) is 2. The van der Waals surface area contributed by atoms with Crippen LogP contribution in [0.15, 0.2) is 0 Å². The normalized spacial score (nSPS) is 7.45. The first kappa shape index (κ1) is 42.4. The number of carboxylic acid groups (broad SMARTS) is 3. The first-order valence-corrected chi connectivity index (χ1v) is 8.36. The monoisotopic (exact) mass is 464 g/mol. The minimum absolute atomic E-state index is 0. The van der Waals surface area contributed by atoms with E-state index in [0.717, 1.165) is 20.8 Å². The fraction of sp³-hybridized carbons (Fsp3) is 0.611. The molecule has 0 N–H and O–H groups in total. The summed E-state index contributed by atoms with van der Waals surface area (Å²) in [5.74, 6) is -4.45. The molecule has 0 spiro atoms.